The van der Waals surface area contributed by atoms with E-state index in [1.165, 1.54) is 0 Å². The second-order valence-corrected chi connectivity index (χ2v) is 5.04. The molecule has 0 saturated heterocycles. The Morgan fingerprint density at radius 2 is 2.19 bits per heavy atom. The molecule has 1 atom stereocenters. The number of halogens is 2. The second-order valence-electron chi connectivity index (χ2n) is 4.33. The maximum Gasteiger partial charge on any atom is 0.0634 e. The number of rotatable bonds is 6. The van der Waals surface area contributed by atoms with Crippen molar-refractivity contribution in [3.8, 4) is 0 Å². The van der Waals surface area contributed by atoms with E-state index in [4.69, 9.17) is 23.2 Å². The van der Waals surface area contributed by atoms with Gasteiger partial charge in [0.15, 0.2) is 0 Å². The van der Waals surface area contributed by atoms with Crippen molar-refractivity contribution in [3.05, 3.63) is 29.0 Å². The molecule has 0 radical (unpaired) electrons. The summed E-state index contributed by atoms with van der Waals surface area (Å²) in [7, 11) is 0. The Bertz CT molecular complexity index is 316. The van der Waals surface area contributed by atoms with E-state index in [2.05, 4.69) is 24.1 Å². The minimum absolute atomic E-state index is 0.339. The number of nitrogens with one attached hydrogen (secondary N) is 1. The fraction of sp³-hybridized carbons (Fsp3) is 0.583. The molecule has 0 saturated carbocycles. The van der Waals surface area contributed by atoms with Crippen molar-refractivity contribution in [1.82, 2.24) is 10.3 Å². The van der Waals surface area contributed by atoms with Crippen LogP contribution in [0.5, 0.6) is 0 Å². The zero-order valence-electron chi connectivity index (χ0n) is 9.71. The van der Waals surface area contributed by atoms with Gasteiger partial charge in [-0.1, -0.05) is 25.4 Å². The SMILES string of the molecule is CC(C)CC(CCl)NCc1ccncc1Cl. The van der Waals surface area contributed by atoms with Crippen molar-refractivity contribution < 1.29 is 0 Å². The normalized spacial score (nSPS) is 13.1. The Morgan fingerprint density at radius 1 is 1.44 bits per heavy atom. The summed E-state index contributed by atoms with van der Waals surface area (Å²) in [5.41, 5.74) is 1.07. The highest BCUT2D eigenvalue weighted by molar-refractivity contribution is 6.31. The lowest BCUT2D eigenvalue weighted by Crippen LogP contribution is -2.31. The number of pyridine rings is 1. The molecule has 0 spiro atoms. The van der Waals surface area contributed by atoms with E-state index in [-0.39, 0.29) is 0 Å². The van der Waals surface area contributed by atoms with Crippen LogP contribution in [0.4, 0.5) is 0 Å². The van der Waals surface area contributed by atoms with Gasteiger partial charge in [0.1, 0.15) is 0 Å². The molecule has 1 heterocycles. The van der Waals surface area contributed by atoms with Gasteiger partial charge in [-0.3, -0.25) is 4.98 Å². The van der Waals surface area contributed by atoms with E-state index < -0.39 is 0 Å². The predicted molar refractivity (Wildman–Crippen MR) is 70.0 cm³/mol. The van der Waals surface area contributed by atoms with Crippen molar-refractivity contribution in [2.45, 2.75) is 32.9 Å². The lowest BCUT2D eigenvalue weighted by molar-refractivity contribution is 0.445. The van der Waals surface area contributed by atoms with Crippen LogP contribution in [-0.4, -0.2) is 16.9 Å². The summed E-state index contributed by atoms with van der Waals surface area (Å²) in [6, 6.07) is 2.27. The summed E-state index contributed by atoms with van der Waals surface area (Å²) in [6.07, 6.45) is 4.49. The van der Waals surface area contributed by atoms with E-state index >= 15 is 0 Å². The number of alkyl halides is 1. The van der Waals surface area contributed by atoms with Gasteiger partial charge in [-0.05, 0) is 24.0 Å². The number of nitrogens with zero attached hydrogens (tertiary/aromatic N) is 1. The summed E-state index contributed by atoms with van der Waals surface area (Å²) in [5.74, 6) is 1.27. The molecule has 2 nitrogen and oxygen atoms in total. The fourth-order valence-corrected chi connectivity index (χ4v) is 1.99. The molecule has 0 bridgehead atoms. The summed E-state index contributed by atoms with van der Waals surface area (Å²) >= 11 is 11.9. The first-order valence-corrected chi connectivity index (χ1v) is 6.42. The zero-order chi connectivity index (χ0) is 12.0. The molecule has 1 N–H and O–H groups in total. The van der Waals surface area contributed by atoms with Gasteiger partial charge in [0.25, 0.3) is 0 Å². The molecule has 0 aliphatic rings. The Kier molecular flexibility index (Phi) is 6.10. The van der Waals surface area contributed by atoms with Crippen molar-refractivity contribution in [2.24, 2.45) is 5.92 Å². The van der Waals surface area contributed by atoms with Crippen LogP contribution in [0.15, 0.2) is 18.5 Å². The van der Waals surface area contributed by atoms with E-state index in [0.717, 1.165) is 18.5 Å². The quantitative estimate of drug-likeness (QED) is 0.793. The minimum Gasteiger partial charge on any atom is -0.309 e. The Hall–Kier alpha value is -0.310. The standard InChI is InChI=1S/C12H18Cl2N2/c1-9(2)5-11(6-13)16-7-10-3-4-15-8-12(10)14/h3-4,8-9,11,16H,5-7H2,1-2H3. The first-order chi connectivity index (χ1) is 7.63. The molecule has 0 aliphatic heterocycles. The molecule has 4 heteroatoms. The van der Waals surface area contributed by atoms with Gasteiger partial charge in [-0.15, -0.1) is 11.6 Å². The highest BCUT2D eigenvalue weighted by atomic mass is 35.5. The summed E-state index contributed by atoms with van der Waals surface area (Å²) in [4.78, 5) is 3.95. The molecule has 0 aromatic carbocycles. The first-order valence-electron chi connectivity index (χ1n) is 5.51. The van der Waals surface area contributed by atoms with Crippen LogP contribution in [0, 0.1) is 5.92 Å². The fourth-order valence-electron chi connectivity index (χ4n) is 1.57. The maximum absolute atomic E-state index is 6.02. The minimum atomic E-state index is 0.339. The van der Waals surface area contributed by atoms with Gasteiger partial charge in [0.05, 0.1) is 5.02 Å². The molecule has 0 aliphatic carbocycles. The lowest BCUT2D eigenvalue weighted by Gasteiger charge is -2.18. The van der Waals surface area contributed by atoms with Crippen molar-refractivity contribution >= 4 is 23.2 Å². The summed E-state index contributed by atoms with van der Waals surface area (Å²) in [6.45, 7) is 5.13. The van der Waals surface area contributed by atoms with E-state index in [0.29, 0.717) is 22.9 Å². The summed E-state index contributed by atoms with van der Waals surface area (Å²) in [5, 5.41) is 4.12. The monoisotopic (exact) mass is 260 g/mol. The molecule has 90 valence electrons. The molecular formula is C12H18Cl2N2. The first kappa shape index (κ1) is 13.8. The van der Waals surface area contributed by atoms with Crippen LogP contribution in [0.3, 0.4) is 0 Å². The van der Waals surface area contributed by atoms with Gasteiger partial charge >= 0.3 is 0 Å². The number of hydrogen-bond donors (Lipinski definition) is 1. The molecule has 1 unspecified atom stereocenters. The van der Waals surface area contributed by atoms with Gasteiger partial charge < -0.3 is 5.32 Å². The zero-order valence-corrected chi connectivity index (χ0v) is 11.2. The number of hydrogen-bond acceptors (Lipinski definition) is 2. The molecule has 0 fully saturated rings. The third-order valence-corrected chi connectivity index (χ3v) is 3.09. The van der Waals surface area contributed by atoms with Crippen molar-refractivity contribution in [1.29, 1.82) is 0 Å². The Labute approximate surface area is 107 Å². The average molecular weight is 261 g/mol. The smallest absolute Gasteiger partial charge is 0.0634 e. The van der Waals surface area contributed by atoms with Gasteiger partial charge in [0, 0.05) is 30.9 Å². The lowest BCUT2D eigenvalue weighted by atomic mass is 10.0. The summed E-state index contributed by atoms with van der Waals surface area (Å²) < 4.78 is 0. The molecule has 1 aromatic heterocycles. The highest BCUT2D eigenvalue weighted by Gasteiger charge is 2.09. The predicted octanol–water partition coefficient (Wildman–Crippen LogP) is 3.48. The second kappa shape index (κ2) is 7.10. The van der Waals surface area contributed by atoms with Crippen LogP contribution in [0.2, 0.25) is 5.02 Å². The largest absolute Gasteiger partial charge is 0.309 e. The molecule has 0 amide bonds. The molecule has 16 heavy (non-hydrogen) atoms. The van der Waals surface area contributed by atoms with Crippen LogP contribution < -0.4 is 5.32 Å². The maximum atomic E-state index is 6.02. The number of aromatic nitrogens is 1. The molecule has 1 rings (SSSR count). The van der Waals surface area contributed by atoms with Crippen molar-refractivity contribution in [3.63, 3.8) is 0 Å². The van der Waals surface area contributed by atoms with E-state index in [1.54, 1.807) is 12.4 Å². The third kappa shape index (κ3) is 4.69. The third-order valence-electron chi connectivity index (χ3n) is 2.38. The topological polar surface area (TPSA) is 24.9 Å². The van der Waals surface area contributed by atoms with Gasteiger partial charge in [0.2, 0.25) is 0 Å². The Morgan fingerprint density at radius 3 is 2.75 bits per heavy atom. The van der Waals surface area contributed by atoms with Crippen LogP contribution >= 0.6 is 23.2 Å². The van der Waals surface area contributed by atoms with Crippen LogP contribution in [0.25, 0.3) is 0 Å². The average Bonchev–Trinajstić information content (AvgIpc) is 2.25. The van der Waals surface area contributed by atoms with E-state index in [1.807, 2.05) is 6.07 Å². The highest BCUT2D eigenvalue weighted by Crippen LogP contribution is 2.14. The Balaban J connectivity index is 2.46. The van der Waals surface area contributed by atoms with Crippen molar-refractivity contribution in [2.75, 3.05) is 5.88 Å². The van der Waals surface area contributed by atoms with Crippen LogP contribution in [0.1, 0.15) is 25.8 Å². The molecular weight excluding hydrogens is 243 g/mol. The van der Waals surface area contributed by atoms with Gasteiger partial charge in [-0.25, -0.2) is 0 Å². The van der Waals surface area contributed by atoms with E-state index in [9.17, 15) is 0 Å². The van der Waals surface area contributed by atoms with Gasteiger partial charge in [-0.2, -0.15) is 0 Å². The molecule has 1 aromatic rings. The van der Waals surface area contributed by atoms with Crippen LogP contribution in [-0.2, 0) is 6.54 Å².